The number of nitrogens with zero attached hydrogens (tertiary/aromatic N) is 2. The Hall–Kier alpha value is -5.80. The van der Waals surface area contributed by atoms with E-state index in [9.17, 15) is 0 Å². The van der Waals surface area contributed by atoms with Crippen LogP contribution in [0.15, 0.2) is 152 Å². The van der Waals surface area contributed by atoms with Crippen LogP contribution in [0.4, 0.5) is 34.1 Å². The molecule has 2 saturated carbocycles. The summed E-state index contributed by atoms with van der Waals surface area (Å²) in [7, 11) is 0. The van der Waals surface area contributed by atoms with Crippen molar-refractivity contribution in [2.45, 2.75) is 62.2 Å². The summed E-state index contributed by atoms with van der Waals surface area (Å²) >= 11 is 0. The van der Waals surface area contributed by atoms with Gasteiger partial charge in [0.2, 0.25) is 0 Å². The van der Waals surface area contributed by atoms with E-state index >= 15 is 0 Å². The van der Waals surface area contributed by atoms with Crippen LogP contribution in [-0.4, -0.2) is 6.71 Å². The van der Waals surface area contributed by atoms with E-state index in [1.807, 2.05) is 0 Å². The molecule has 0 bridgehead atoms. The fraction of sp³-hybridized carbons (Fsp3) is 0.192. The zero-order valence-corrected chi connectivity index (χ0v) is 31.1. The molecule has 0 atom stereocenters. The van der Waals surface area contributed by atoms with Gasteiger partial charge in [-0.25, -0.2) is 0 Å². The lowest BCUT2D eigenvalue weighted by atomic mass is 9.32. The van der Waals surface area contributed by atoms with Crippen molar-refractivity contribution < 1.29 is 0 Å². The first kappa shape index (κ1) is 30.5. The Morgan fingerprint density at radius 2 is 0.945 bits per heavy atom. The van der Waals surface area contributed by atoms with Gasteiger partial charge < -0.3 is 9.80 Å². The van der Waals surface area contributed by atoms with Crippen molar-refractivity contribution in [3.63, 3.8) is 0 Å². The predicted molar refractivity (Wildman–Crippen MR) is 230 cm³/mol. The summed E-state index contributed by atoms with van der Waals surface area (Å²) < 4.78 is 0. The topological polar surface area (TPSA) is 6.48 Å². The minimum absolute atomic E-state index is 0.0284. The van der Waals surface area contributed by atoms with Gasteiger partial charge in [-0.3, -0.25) is 0 Å². The maximum absolute atomic E-state index is 2.70. The Labute approximate surface area is 324 Å². The summed E-state index contributed by atoms with van der Waals surface area (Å²) in [4.78, 5) is 5.31. The highest BCUT2D eigenvalue weighted by atomic mass is 15.2. The summed E-state index contributed by atoms with van der Waals surface area (Å²) in [6, 6.07) is 58.5. The molecular formula is C52H41BN2. The minimum atomic E-state index is 0.0284. The monoisotopic (exact) mass is 704 g/mol. The fourth-order valence-electron chi connectivity index (χ4n) is 12.7. The summed E-state index contributed by atoms with van der Waals surface area (Å²) in [6.45, 7) is 0.0771. The molecular weight excluding hydrogens is 663 g/mol. The standard InChI is InChI=1S/C52H41BN2/c1-3-17-34(18-4-1)54-43-26-12-11-25-42(43)53-48-44(28-27-40-46(48)36-21-7-9-23-38(36)51(40)29-13-14-30-51)55(35-19-5-2-6-20-35)50-47-37-22-8-10-24-39(37)52(31-15-16-32-52)41(47)33-45(54)49(50)53/h1-12,17-28,33H,13-16,29-32H2. The highest BCUT2D eigenvalue weighted by Gasteiger charge is 2.54. The average Bonchev–Trinajstić information content (AvgIpc) is 4.05. The minimum Gasteiger partial charge on any atom is -0.311 e. The van der Waals surface area contributed by atoms with Crippen LogP contribution >= 0.6 is 0 Å². The molecule has 4 aliphatic carbocycles. The van der Waals surface area contributed by atoms with E-state index < -0.39 is 0 Å². The van der Waals surface area contributed by atoms with Crippen molar-refractivity contribution in [2.75, 3.05) is 9.80 Å². The molecule has 7 aromatic carbocycles. The first-order valence-electron chi connectivity index (χ1n) is 20.7. The van der Waals surface area contributed by atoms with Gasteiger partial charge in [-0.15, -0.1) is 0 Å². The second-order valence-corrected chi connectivity index (χ2v) is 17.0. The van der Waals surface area contributed by atoms with Crippen molar-refractivity contribution in [3.8, 4) is 22.3 Å². The molecule has 0 saturated heterocycles. The SMILES string of the molecule is c1ccc(N2c3ccccc3B3c4c(ccc5c4-c4ccccc4C54CCCC4)N(c4ccccc4)c4c3c2cc2c4-c3ccccc3C23CCCC3)cc1. The molecule has 0 amide bonds. The number of hydrogen-bond donors (Lipinski definition) is 0. The lowest BCUT2D eigenvalue weighted by Crippen LogP contribution is -2.62. The van der Waals surface area contributed by atoms with Crippen LogP contribution in [0.25, 0.3) is 22.3 Å². The van der Waals surface area contributed by atoms with E-state index in [0.29, 0.717) is 0 Å². The van der Waals surface area contributed by atoms with Crippen LogP contribution in [0, 0.1) is 0 Å². The fourth-order valence-corrected chi connectivity index (χ4v) is 12.7. The lowest BCUT2D eigenvalue weighted by Gasteiger charge is -2.46. The van der Waals surface area contributed by atoms with Crippen LogP contribution in [0.3, 0.4) is 0 Å². The third kappa shape index (κ3) is 3.73. The van der Waals surface area contributed by atoms with Gasteiger partial charge in [0.25, 0.3) is 6.71 Å². The average molecular weight is 705 g/mol. The summed E-state index contributed by atoms with van der Waals surface area (Å²) in [5.41, 5.74) is 24.3. The van der Waals surface area contributed by atoms with E-state index in [4.69, 9.17) is 0 Å². The maximum atomic E-state index is 2.70. The van der Waals surface area contributed by atoms with Gasteiger partial charge in [0.05, 0.1) is 5.69 Å². The zero-order valence-electron chi connectivity index (χ0n) is 31.1. The quantitative estimate of drug-likeness (QED) is 0.165. The molecule has 2 heterocycles. The molecule has 0 N–H and O–H groups in total. The second kappa shape index (κ2) is 10.9. The van der Waals surface area contributed by atoms with Crippen molar-refractivity contribution in [2.24, 2.45) is 0 Å². The summed E-state index contributed by atoms with van der Waals surface area (Å²) in [6.07, 6.45) is 9.99. The highest BCUT2D eigenvalue weighted by Crippen LogP contribution is 2.63. The smallest absolute Gasteiger partial charge is 0.252 e. The van der Waals surface area contributed by atoms with Crippen molar-refractivity contribution in [3.05, 3.63) is 174 Å². The lowest BCUT2D eigenvalue weighted by molar-refractivity contribution is 0.550. The van der Waals surface area contributed by atoms with Crippen molar-refractivity contribution >= 4 is 57.2 Å². The zero-order chi connectivity index (χ0) is 35.9. The highest BCUT2D eigenvalue weighted by molar-refractivity contribution is 7.01. The van der Waals surface area contributed by atoms with Gasteiger partial charge in [-0.05, 0) is 123 Å². The third-order valence-electron chi connectivity index (χ3n) is 14.7. The predicted octanol–water partition coefficient (Wildman–Crippen LogP) is 11.5. The van der Waals surface area contributed by atoms with E-state index in [0.717, 1.165) is 0 Å². The van der Waals surface area contributed by atoms with E-state index in [2.05, 4.69) is 161 Å². The second-order valence-electron chi connectivity index (χ2n) is 17.0. The van der Waals surface area contributed by atoms with Gasteiger partial charge in [0, 0.05) is 44.8 Å². The van der Waals surface area contributed by atoms with E-state index in [1.54, 1.807) is 11.1 Å². The van der Waals surface area contributed by atoms with Gasteiger partial charge in [0.1, 0.15) is 0 Å². The molecule has 0 aromatic heterocycles. The van der Waals surface area contributed by atoms with Crippen LogP contribution in [0.1, 0.15) is 73.6 Å². The first-order valence-corrected chi connectivity index (χ1v) is 20.7. The molecule has 2 spiro atoms. The number of hydrogen-bond acceptors (Lipinski definition) is 2. The van der Waals surface area contributed by atoms with Crippen molar-refractivity contribution in [1.29, 1.82) is 0 Å². The molecule has 3 heteroatoms. The van der Waals surface area contributed by atoms with E-state index in [1.165, 1.54) is 135 Å². The van der Waals surface area contributed by atoms with Crippen LogP contribution in [-0.2, 0) is 10.8 Å². The number of para-hydroxylation sites is 3. The normalized spacial score (nSPS) is 18.1. The Kier molecular flexibility index (Phi) is 6.06. The largest absolute Gasteiger partial charge is 0.311 e. The van der Waals surface area contributed by atoms with E-state index in [-0.39, 0.29) is 17.5 Å². The molecule has 55 heavy (non-hydrogen) atoms. The first-order chi connectivity index (χ1) is 27.3. The van der Waals surface area contributed by atoms with Crippen molar-refractivity contribution in [1.82, 2.24) is 0 Å². The summed E-state index contributed by atoms with van der Waals surface area (Å²) in [5, 5.41) is 0. The maximum Gasteiger partial charge on any atom is 0.252 e. The molecule has 0 radical (unpaired) electrons. The Morgan fingerprint density at radius 3 is 1.62 bits per heavy atom. The van der Waals surface area contributed by atoms with Crippen LogP contribution < -0.4 is 26.2 Å². The van der Waals surface area contributed by atoms with Crippen LogP contribution in [0.2, 0.25) is 0 Å². The third-order valence-corrected chi connectivity index (χ3v) is 14.7. The van der Waals surface area contributed by atoms with Gasteiger partial charge in [0.15, 0.2) is 0 Å². The molecule has 2 fully saturated rings. The van der Waals surface area contributed by atoms with Crippen LogP contribution in [0.5, 0.6) is 0 Å². The molecule has 2 nitrogen and oxygen atoms in total. The number of rotatable bonds is 2. The molecule has 2 aliphatic heterocycles. The molecule has 0 unspecified atom stereocenters. The van der Waals surface area contributed by atoms with Gasteiger partial charge in [-0.1, -0.05) is 135 Å². The summed E-state index contributed by atoms with van der Waals surface area (Å²) in [5.74, 6) is 0. The molecule has 13 rings (SSSR count). The van der Waals surface area contributed by atoms with Gasteiger partial charge in [-0.2, -0.15) is 0 Å². The molecule has 7 aromatic rings. The number of fused-ring (bicyclic) bond motifs is 16. The number of anilines is 6. The van der Waals surface area contributed by atoms with Gasteiger partial charge >= 0.3 is 0 Å². The number of benzene rings is 7. The molecule has 262 valence electrons. The molecule has 6 aliphatic rings. The Morgan fingerprint density at radius 1 is 0.400 bits per heavy atom. The Balaban J connectivity index is 1.23. The Bertz CT molecular complexity index is 2740.